The average Bonchev–Trinajstić information content (AvgIpc) is 2.27. The normalized spacial score (nSPS) is 10.0. The van der Waals surface area contributed by atoms with Crippen molar-refractivity contribution in [2.75, 3.05) is 20.2 Å². The van der Waals surface area contributed by atoms with Crippen molar-refractivity contribution in [3.8, 4) is 5.75 Å². The average molecular weight is 208 g/mol. The van der Waals surface area contributed by atoms with E-state index < -0.39 is 0 Å². The number of aromatic nitrogens is 1. The number of hydrogen-bond acceptors (Lipinski definition) is 4. The first-order chi connectivity index (χ1) is 7.27. The van der Waals surface area contributed by atoms with Gasteiger partial charge in [-0.25, -0.2) is 0 Å². The number of rotatable bonds is 6. The largest absolute Gasteiger partial charge is 0.492 e. The maximum atomic E-state index is 11.6. The second-order valence-corrected chi connectivity index (χ2v) is 3.12. The Kier molecular flexibility index (Phi) is 4.77. The monoisotopic (exact) mass is 208 g/mol. The van der Waals surface area contributed by atoms with Crippen LogP contribution < -0.4 is 10.1 Å². The van der Waals surface area contributed by atoms with Gasteiger partial charge in [0.2, 0.25) is 0 Å². The molecule has 1 heterocycles. The van der Waals surface area contributed by atoms with Gasteiger partial charge in [-0.15, -0.1) is 0 Å². The molecule has 1 aromatic heterocycles. The first kappa shape index (κ1) is 11.7. The number of nitrogens with one attached hydrogen (secondary N) is 1. The maximum Gasteiger partial charge on any atom is 0.165 e. The Labute approximate surface area is 89.7 Å². The van der Waals surface area contributed by atoms with Crippen LogP contribution in [-0.2, 0) is 0 Å². The molecular formula is C11H16N2O2. The highest BCUT2D eigenvalue weighted by Gasteiger charge is 2.06. The number of Topliss-reactive ketones (excluding diaryl/α,β-unsaturated/α-hetero) is 1. The summed E-state index contributed by atoms with van der Waals surface area (Å²) < 4.78 is 5.27. The third-order valence-electron chi connectivity index (χ3n) is 1.95. The van der Waals surface area contributed by atoms with Gasteiger partial charge in [0.15, 0.2) is 5.78 Å². The number of ether oxygens (including phenoxy) is 1. The molecule has 0 fully saturated rings. The number of nitrogens with zero attached hydrogens (tertiary/aromatic N) is 1. The van der Waals surface area contributed by atoms with Crippen LogP contribution in [0.1, 0.15) is 23.7 Å². The van der Waals surface area contributed by atoms with E-state index in [-0.39, 0.29) is 5.78 Å². The fourth-order valence-corrected chi connectivity index (χ4v) is 1.20. The van der Waals surface area contributed by atoms with Gasteiger partial charge in [-0.2, -0.15) is 0 Å². The second-order valence-electron chi connectivity index (χ2n) is 3.12. The zero-order chi connectivity index (χ0) is 11.1. The van der Waals surface area contributed by atoms with E-state index in [0.29, 0.717) is 30.9 Å². The molecule has 0 saturated heterocycles. The van der Waals surface area contributed by atoms with Crippen LogP contribution in [0.3, 0.4) is 0 Å². The summed E-state index contributed by atoms with van der Waals surface area (Å²) in [6, 6.07) is 1.73. The molecule has 0 atom stereocenters. The number of hydrogen-bond donors (Lipinski definition) is 1. The van der Waals surface area contributed by atoms with E-state index >= 15 is 0 Å². The summed E-state index contributed by atoms with van der Waals surface area (Å²) in [4.78, 5) is 15.6. The summed E-state index contributed by atoms with van der Waals surface area (Å²) in [5.41, 5.74) is 0.608. The summed E-state index contributed by atoms with van der Waals surface area (Å²) in [6.07, 6.45) is 3.66. The van der Waals surface area contributed by atoms with Crippen LogP contribution in [0.5, 0.6) is 5.75 Å². The predicted octanol–water partition coefficient (Wildman–Crippen LogP) is 1.27. The first-order valence-electron chi connectivity index (χ1n) is 5.03. The van der Waals surface area contributed by atoms with Crippen molar-refractivity contribution in [3.05, 3.63) is 24.0 Å². The van der Waals surface area contributed by atoms with Crippen LogP contribution in [0.25, 0.3) is 0 Å². The lowest BCUT2D eigenvalue weighted by Crippen LogP contribution is -2.13. The number of carbonyl (C=O) groups is 1. The number of carbonyl (C=O) groups excluding carboxylic acids is 1. The molecule has 15 heavy (non-hydrogen) atoms. The van der Waals surface area contributed by atoms with Crippen LogP contribution in [0.15, 0.2) is 18.5 Å². The van der Waals surface area contributed by atoms with Crippen molar-refractivity contribution < 1.29 is 9.53 Å². The van der Waals surface area contributed by atoms with Crippen molar-refractivity contribution in [1.29, 1.82) is 0 Å². The molecule has 0 aliphatic heterocycles. The van der Waals surface area contributed by atoms with Crippen LogP contribution in [0.2, 0.25) is 0 Å². The molecule has 0 saturated carbocycles. The molecular weight excluding hydrogens is 192 g/mol. The van der Waals surface area contributed by atoms with Crippen molar-refractivity contribution in [3.63, 3.8) is 0 Å². The van der Waals surface area contributed by atoms with Crippen molar-refractivity contribution in [2.45, 2.75) is 13.3 Å². The molecule has 0 aromatic carbocycles. The Hall–Kier alpha value is -1.42. The number of ketones is 1. The lowest BCUT2D eigenvalue weighted by molar-refractivity contribution is 0.0982. The molecule has 82 valence electrons. The molecule has 1 rings (SSSR count). The van der Waals surface area contributed by atoms with Crippen LogP contribution >= 0.6 is 0 Å². The van der Waals surface area contributed by atoms with Gasteiger partial charge in [-0.05, 0) is 20.0 Å². The summed E-state index contributed by atoms with van der Waals surface area (Å²) in [6.45, 7) is 3.16. The minimum absolute atomic E-state index is 0.0819. The molecule has 0 unspecified atom stereocenters. The molecule has 0 spiro atoms. The zero-order valence-corrected chi connectivity index (χ0v) is 9.12. The maximum absolute atomic E-state index is 11.6. The Morgan fingerprint density at radius 3 is 3.00 bits per heavy atom. The van der Waals surface area contributed by atoms with Gasteiger partial charge < -0.3 is 10.1 Å². The van der Waals surface area contributed by atoms with Crippen LogP contribution in [0, 0.1) is 0 Å². The van der Waals surface area contributed by atoms with E-state index in [2.05, 4.69) is 10.3 Å². The predicted molar refractivity (Wildman–Crippen MR) is 58.3 cm³/mol. The molecule has 0 amide bonds. The summed E-state index contributed by atoms with van der Waals surface area (Å²) in [5, 5.41) is 2.94. The molecule has 1 aromatic rings. The third-order valence-corrected chi connectivity index (χ3v) is 1.95. The fraction of sp³-hybridized carbons (Fsp3) is 0.455. The van der Waals surface area contributed by atoms with Crippen molar-refractivity contribution in [2.24, 2.45) is 0 Å². The fourth-order valence-electron chi connectivity index (χ4n) is 1.20. The summed E-state index contributed by atoms with van der Waals surface area (Å²) in [7, 11) is 1.82. The van der Waals surface area contributed by atoms with Gasteiger partial charge in [-0.3, -0.25) is 9.78 Å². The first-order valence-corrected chi connectivity index (χ1v) is 5.03. The van der Waals surface area contributed by atoms with E-state index in [1.807, 2.05) is 14.0 Å². The topological polar surface area (TPSA) is 51.2 Å². The van der Waals surface area contributed by atoms with Gasteiger partial charge >= 0.3 is 0 Å². The Morgan fingerprint density at radius 1 is 1.53 bits per heavy atom. The van der Waals surface area contributed by atoms with Crippen LogP contribution in [-0.4, -0.2) is 31.0 Å². The van der Waals surface area contributed by atoms with E-state index in [0.717, 1.165) is 0 Å². The summed E-state index contributed by atoms with van der Waals surface area (Å²) in [5.74, 6) is 0.728. The smallest absolute Gasteiger partial charge is 0.165 e. The van der Waals surface area contributed by atoms with E-state index in [1.54, 1.807) is 18.5 Å². The lowest BCUT2D eigenvalue weighted by Gasteiger charge is -2.04. The third kappa shape index (κ3) is 3.67. The standard InChI is InChI=1S/C11H16N2O2/c1-3-15-10-6-9(7-13-8-10)11(14)4-5-12-2/h6-8,12H,3-5H2,1-2H3. The van der Waals surface area contributed by atoms with Crippen LogP contribution in [0.4, 0.5) is 0 Å². The Balaban J connectivity index is 2.67. The van der Waals surface area contributed by atoms with Gasteiger partial charge in [0.1, 0.15) is 5.75 Å². The SMILES string of the molecule is CCOc1cncc(C(=O)CCNC)c1. The van der Waals surface area contributed by atoms with E-state index in [1.165, 1.54) is 0 Å². The van der Waals surface area contributed by atoms with Gasteiger partial charge in [0.25, 0.3) is 0 Å². The van der Waals surface area contributed by atoms with Gasteiger partial charge in [0, 0.05) is 24.7 Å². The highest BCUT2D eigenvalue weighted by molar-refractivity contribution is 5.96. The highest BCUT2D eigenvalue weighted by Crippen LogP contribution is 2.12. The van der Waals surface area contributed by atoms with E-state index in [4.69, 9.17) is 4.74 Å². The zero-order valence-electron chi connectivity index (χ0n) is 9.12. The van der Waals surface area contributed by atoms with Crippen molar-refractivity contribution in [1.82, 2.24) is 10.3 Å². The quantitative estimate of drug-likeness (QED) is 0.715. The molecule has 4 nitrogen and oxygen atoms in total. The molecule has 0 bridgehead atoms. The second kappa shape index (κ2) is 6.14. The van der Waals surface area contributed by atoms with Gasteiger partial charge in [-0.1, -0.05) is 0 Å². The molecule has 4 heteroatoms. The number of pyridine rings is 1. The lowest BCUT2D eigenvalue weighted by atomic mass is 10.1. The van der Waals surface area contributed by atoms with E-state index in [9.17, 15) is 4.79 Å². The molecule has 0 aliphatic rings. The highest BCUT2D eigenvalue weighted by atomic mass is 16.5. The molecule has 0 aliphatic carbocycles. The molecule has 1 N–H and O–H groups in total. The van der Waals surface area contributed by atoms with Crippen molar-refractivity contribution >= 4 is 5.78 Å². The Morgan fingerprint density at radius 2 is 2.33 bits per heavy atom. The Bertz CT molecular complexity index is 326. The minimum atomic E-state index is 0.0819. The summed E-state index contributed by atoms with van der Waals surface area (Å²) >= 11 is 0. The van der Waals surface area contributed by atoms with Gasteiger partial charge in [0.05, 0.1) is 12.8 Å². The minimum Gasteiger partial charge on any atom is -0.492 e. The molecule has 0 radical (unpaired) electrons.